The average Bonchev–Trinajstić information content (AvgIpc) is 2.46. The first-order valence-corrected chi connectivity index (χ1v) is 4.64. The molecule has 2 rings (SSSR count). The lowest BCUT2D eigenvalue weighted by Crippen LogP contribution is -1.95. The number of aromatic nitrogens is 1. The van der Waals surface area contributed by atoms with E-state index >= 15 is 0 Å². The third-order valence-corrected chi connectivity index (χ3v) is 2.72. The summed E-state index contributed by atoms with van der Waals surface area (Å²) in [4.78, 5) is 14.9. The summed E-state index contributed by atoms with van der Waals surface area (Å²) in [6.07, 6.45) is 0. The maximum atomic E-state index is 10.8. The number of hydrogen-bond acceptors (Lipinski definition) is 3. The number of aryl methyl sites for hydroxylation is 1. The van der Waals surface area contributed by atoms with E-state index in [4.69, 9.17) is 5.11 Å². The summed E-state index contributed by atoms with van der Waals surface area (Å²) in [5, 5.41) is 10.5. The largest absolute Gasteiger partial charge is 0.478 e. The van der Waals surface area contributed by atoms with Gasteiger partial charge >= 0.3 is 5.97 Å². The number of carbonyl (C=O) groups is 1. The molecule has 3 nitrogen and oxygen atoms in total. The molecule has 0 bridgehead atoms. The van der Waals surface area contributed by atoms with Crippen LogP contribution in [0, 0.1) is 6.92 Å². The lowest BCUT2D eigenvalue weighted by atomic mass is 10.2. The zero-order valence-electron chi connectivity index (χ0n) is 6.94. The van der Waals surface area contributed by atoms with E-state index in [1.807, 2.05) is 19.1 Å². The van der Waals surface area contributed by atoms with E-state index in [0.717, 1.165) is 10.4 Å². The number of fused-ring (bicyclic) bond motifs is 1. The number of rotatable bonds is 1. The van der Waals surface area contributed by atoms with Crippen molar-refractivity contribution in [2.45, 2.75) is 6.92 Å². The summed E-state index contributed by atoms with van der Waals surface area (Å²) in [5.41, 5.74) is 1.73. The van der Waals surface area contributed by atoms with Gasteiger partial charge in [0.25, 0.3) is 0 Å². The minimum Gasteiger partial charge on any atom is -0.478 e. The maximum Gasteiger partial charge on any atom is 0.338 e. The SMILES string of the molecule is Cc1ccc2scc(C(=O)O)c2n1. The first kappa shape index (κ1) is 8.19. The van der Waals surface area contributed by atoms with Crippen LogP contribution in [-0.4, -0.2) is 16.1 Å². The van der Waals surface area contributed by atoms with Crippen molar-refractivity contribution >= 4 is 27.5 Å². The average molecular weight is 193 g/mol. The van der Waals surface area contributed by atoms with E-state index in [1.165, 1.54) is 11.3 Å². The van der Waals surface area contributed by atoms with Crippen molar-refractivity contribution in [1.82, 2.24) is 4.98 Å². The Balaban J connectivity index is 2.79. The second-order valence-electron chi connectivity index (χ2n) is 2.75. The van der Waals surface area contributed by atoms with Gasteiger partial charge in [0.05, 0.1) is 15.8 Å². The van der Waals surface area contributed by atoms with E-state index in [0.29, 0.717) is 11.1 Å². The van der Waals surface area contributed by atoms with E-state index in [2.05, 4.69) is 4.98 Å². The number of nitrogens with zero attached hydrogens (tertiary/aromatic N) is 1. The fraction of sp³-hybridized carbons (Fsp3) is 0.111. The standard InChI is InChI=1S/C9H7NO2S/c1-5-2-3-7-8(10-5)6(4-13-7)9(11)12/h2-4H,1H3,(H,11,12). The maximum absolute atomic E-state index is 10.8. The molecular formula is C9H7NO2S. The van der Waals surface area contributed by atoms with Crippen LogP contribution in [0.2, 0.25) is 0 Å². The van der Waals surface area contributed by atoms with Crippen molar-refractivity contribution in [3.63, 3.8) is 0 Å². The summed E-state index contributed by atoms with van der Waals surface area (Å²) >= 11 is 1.41. The number of carboxylic acids is 1. The quantitative estimate of drug-likeness (QED) is 0.756. The minimum atomic E-state index is -0.913. The van der Waals surface area contributed by atoms with Gasteiger partial charge in [0.15, 0.2) is 0 Å². The lowest BCUT2D eigenvalue weighted by Gasteiger charge is -1.93. The number of carboxylic acid groups (broad SMARTS) is 1. The first-order valence-electron chi connectivity index (χ1n) is 3.76. The van der Waals surface area contributed by atoms with Gasteiger partial charge in [0.2, 0.25) is 0 Å². The molecule has 1 N–H and O–H groups in total. The van der Waals surface area contributed by atoms with Gasteiger partial charge in [-0.05, 0) is 19.1 Å². The molecule has 0 amide bonds. The van der Waals surface area contributed by atoms with Crippen molar-refractivity contribution in [1.29, 1.82) is 0 Å². The number of aromatic carboxylic acids is 1. The van der Waals surface area contributed by atoms with Crippen LogP contribution in [0.25, 0.3) is 10.2 Å². The molecule has 66 valence electrons. The highest BCUT2D eigenvalue weighted by Gasteiger charge is 2.11. The number of hydrogen-bond donors (Lipinski definition) is 1. The molecule has 0 unspecified atom stereocenters. The monoisotopic (exact) mass is 193 g/mol. The van der Waals surface area contributed by atoms with E-state index < -0.39 is 5.97 Å². The summed E-state index contributed by atoms with van der Waals surface area (Å²) < 4.78 is 0.919. The van der Waals surface area contributed by atoms with Crippen LogP contribution in [0.5, 0.6) is 0 Å². The van der Waals surface area contributed by atoms with Crippen LogP contribution >= 0.6 is 11.3 Å². The second-order valence-corrected chi connectivity index (χ2v) is 3.67. The first-order chi connectivity index (χ1) is 6.18. The zero-order chi connectivity index (χ0) is 9.42. The van der Waals surface area contributed by atoms with Gasteiger partial charge in [-0.1, -0.05) is 0 Å². The fourth-order valence-electron chi connectivity index (χ4n) is 1.16. The van der Waals surface area contributed by atoms with Crippen LogP contribution < -0.4 is 0 Å². The Bertz CT molecular complexity index is 475. The highest BCUT2D eigenvalue weighted by molar-refractivity contribution is 7.17. The molecule has 2 aromatic rings. The third kappa shape index (κ3) is 1.29. The lowest BCUT2D eigenvalue weighted by molar-refractivity contribution is 0.0699. The molecule has 0 radical (unpaired) electrons. The van der Waals surface area contributed by atoms with E-state index in [1.54, 1.807) is 5.38 Å². The zero-order valence-corrected chi connectivity index (χ0v) is 7.76. The predicted molar refractivity (Wildman–Crippen MR) is 51.3 cm³/mol. The Morgan fingerprint density at radius 2 is 2.31 bits per heavy atom. The molecule has 2 heterocycles. The highest BCUT2D eigenvalue weighted by Crippen LogP contribution is 2.24. The van der Waals surface area contributed by atoms with E-state index in [-0.39, 0.29) is 0 Å². The van der Waals surface area contributed by atoms with Crippen molar-refractivity contribution in [3.05, 3.63) is 28.8 Å². The molecule has 0 fully saturated rings. The fourth-order valence-corrected chi connectivity index (χ4v) is 2.03. The van der Waals surface area contributed by atoms with Crippen molar-refractivity contribution in [3.8, 4) is 0 Å². The van der Waals surface area contributed by atoms with Crippen LogP contribution in [0.4, 0.5) is 0 Å². The van der Waals surface area contributed by atoms with E-state index in [9.17, 15) is 4.79 Å². The predicted octanol–water partition coefficient (Wildman–Crippen LogP) is 2.30. The molecular weight excluding hydrogens is 186 g/mol. The molecule has 4 heteroatoms. The van der Waals surface area contributed by atoms with Gasteiger partial charge in [-0.2, -0.15) is 0 Å². The Morgan fingerprint density at radius 1 is 1.54 bits per heavy atom. The Hall–Kier alpha value is -1.42. The molecule has 0 spiro atoms. The topological polar surface area (TPSA) is 50.2 Å². The Kier molecular flexibility index (Phi) is 1.77. The van der Waals surface area contributed by atoms with Crippen LogP contribution in [-0.2, 0) is 0 Å². The number of pyridine rings is 1. The Labute approximate surface area is 78.7 Å². The summed E-state index contributed by atoms with van der Waals surface area (Å²) in [6, 6.07) is 3.78. The highest BCUT2D eigenvalue weighted by atomic mass is 32.1. The van der Waals surface area contributed by atoms with Gasteiger partial charge in [-0.25, -0.2) is 4.79 Å². The van der Waals surface area contributed by atoms with Crippen LogP contribution in [0.3, 0.4) is 0 Å². The van der Waals surface area contributed by atoms with Crippen LogP contribution in [0.1, 0.15) is 16.1 Å². The molecule has 0 atom stereocenters. The molecule has 13 heavy (non-hydrogen) atoms. The van der Waals surface area contributed by atoms with Crippen molar-refractivity contribution < 1.29 is 9.90 Å². The third-order valence-electron chi connectivity index (χ3n) is 1.79. The molecule has 0 aliphatic rings. The molecule has 0 saturated carbocycles. The summed E-state index contributed by atoms with van der Waals surface area (Å²) in [6.45, 7) is 1.85. The second kappa shape index (κ2) is 2.81. The van der Waals surface area contributed by atoms with Gasteiger partial charge in [0, 0.05) is 11.1 Å². The Morgan fingerprint density at radius 3 is 3.00 bits per heavy atom. The van der Waals surface area contributed by atoms with Gasteiger partial charge < -0.3 is 5.11 Å². The summed E-state index contributed by atoms with van der Waals surface area (Å²) in [7, 11) is 0. The summed E-state index contributed by atoms with van der Waals surface area (Å²) in [5.74, 6) is -0.913. The number of thiophene rings is 1. The van der Waals surface area contributed by atoms with Gasteiger partial charge in [-0.15, -0.1) is 11.3 Å². The van der Waals surface area contributed by atoms with Crippen LogP contribution in [0.15, 0.2) is 17.5 Å². The molecule has 2 aromatic heterocycles. The molecule has 0 saturated heterocycles. The van der Waals surface area contributed by atoms with Crippen molar-refractivity contribution in [2.24, 2.45) is 0 Å². The van der Waals surface area contributed by atoms with Crippen molar-refractivity contribution in [2.75, 3.05) is 0 Å². The minimum absolute atomic E-state index is 0.295. The van der Waals surface area contributed by atoms with Gasteiger partial charge in [0.1, 0.15) is 0 Å². The normalized spacial score (nSPS) is 10.5. The van der Waals surface area contributed by atoms with Gasteiger partial charge in [-0.3, -0.25) is 4.98 Å². The molecule has 0 aliphatic heterocycles. The molecule has 0 aromatic carbocycles. The smallest absolute Gasteiger partial charge is 0.338 e. The molecule has 0 aliphatic carbocycles.